The lowest BCUT2D eigenvalue weighted by atomic mass is 10.1. The van der Waals surface area contributed by atoms with Crippen molar-refractivity contribution in [2.24, 2.45) is 4.99 Å². The molecule has 4 nitrogen and oxygen atoms in total. The van der Waals surface area contributed by atoms with Crippen molar-refractivity contribution in [1.82, 2.24) is 14.5 Å². The quantitative estimate of drug-likeness (QED) is 0.248. The summed E-state index contributed by atoms with van der Waals surface area (Å²) in [6.45, 7) is 3.94. The van der Waals surface area contributed by atoms with Crippen LogP contribution >= 0.6 is 0 Å². The lowest BCUT2D eigenvalue weighted by Crippen LogP contribution is -2.03. The third kappa shape index (κ3) is 5.05. The second-order valence-corrected chi connectivity index (χ2v) is 10.1. The smallest absolute Gasteiger partial charge is 0.156 e. The van der Waals surface area contributed by atoms with Crippen molar-refractivity contribution < 1.29 is 0 Å². The first kappa shape index (κ1) is 25.7. The SMILES string of the molecule is CC=N/C(=C\C)c1cc(C2=CC=C(n3c4c(c5ccccc53)CC=CCC4)C=CC2)nc(C2=CC=CC=CC2)n1. The van der Waals surface area contributed by atoms with Gasteiger partial charge in [-0.2, -0.15) is 0 Å². The van der Waals surface area contributed by atoms with E-state index in [1.165, 1.54) is 27.9 Å². The first-order valence-electron chi connectivity index (χ1n) is 14.2. The number of rotatable bonds is 5. The average molecular weight is 523 g/mol. The van der Waals surface area contributed by atoms with Crippen molar-refractivity contribution in [2.45, 2.75) is 46.0 Å². The molecule has 0 aliphatic heterocycles. The molecule has 2 aromatic heterocycles. The molecule has 1 aromatic carbocycles. The molecule has 0 spiro atoms. The predicted octanol–water partition coefficient (Wildman–Crippen LogP) is 8.71. The Bertz CT molecular complexity index is 1730. The van der Waals surface area contributed by atoms with E-state index in [1.54, 1.807) is 0 Å². The van der Waals surface area contributed by atoms with Crippen molar-refractivity contribution in [3.8, 4) is 0 Å². The highest BCUT2D eigenvalue weighted by Crippen LogP contribution is 2.34. The molecule has 2 heterocycles. The zero-order valence-corrected chi connectivity index (χ0v) is 23.2. The Hall–Kier alpha value is -4.57. The fraction of sp³-hybridized carbons (Fsp3) is 0.194. The van der Waals surface area contributed by atoms with E-state index in [0.717, 1.165) is 66.2 Å². The summed E-state index contributed by atoms with van der Waals surface area (Å²) in [5.41, 5.74) is 10.2. The first-order chi connectivity index (χ1) is 19.8. The van der Waals surface area contributed by atoms with Gasteiger partial charge in [-0.25, -0.2) is 9.97 Å². The van der Waals surface area contributed by atoms with Gasteiger partial charge >= 0.3 is 0 Å². The highest BCUT2D eigenvalue weighted by molar-refractivity contribution is 5.91. The maximum atomic E-state index is 5.09. The molecule has 0 N–H and O–H groups in total. The van der Waals surface area contributed by atoms with Crippen molar-refractivity contribution in [3.05, 3.63) is 132 Å². The molecule has 0 atom stereocenters. The molecule has 3 aliphatic carbocycles. The molecule has 4 heteroatoms. The third-order valence-corrected chi connectivity index (χ3v) is 7.60. The minimum atomic E-state index is 0.752. The second kappa shape index (κ2) is 11.7. The van der Waals surface area contributed by atoms with E-state index in [-0.39, 0.29) is 0 Å². The number of benzene rings is 1. The van der Waals surface area contributed by atoms with Crippen molar-refractivity contribution in [3.63, 3.8) is 0 Å². The van der Waals surface area contributed by atoms with Crippen LogP contribution in [0, 0.1) is 0 Å². The van der Waals surface area contributed by atoms with E-state index in [1.807, 2.05) is 32.2 Å². The summed E-state index contributed by atoms with van der Waals surface area (Å²) in [5.74, 6) is 0.752. The van der Waals surface area contributed by atoms with E-state index >= 15 is 0 Å². The number of aromatic nitrogens is 3. The van der Waals surface area contributed by atoms with Gasteiger partial charge in [-0.1, -0.05) is 79.0 Å². The zero-order chi connectivity index (χ0) is 27.3. The van der Waals surface area contributed by atoms with Crippen LogP contribution in [0.15, 0.2) is 108 Å². The fourth-order valence-corrected chi connectivity index (χ4v) is 5.70. The Morgan fingerprint density at radius 1 is 0.875 bits per heavy atom. The Kier molecular flexibility index (Phi) is 7.49. The highest BCUT2D eigenvalue weighted by Gasteiger charge is 2.19. The molecule has 6 rings (SSSR count). The van der Waals surface area contributed by atoms with Gasteiger partial charge < -0.3 is 4.57 Å². The topological polar surface area (TPSA) is 43.1 Å². The minimum absolute atomic E-state index is 0.752. The molecule has 3 aliphatic rings. The van der Waals surface area contributed by atoms with E-state index < -0.39 is 0 Å². The molecule has 0 unspecified atom stereocenters. The zero-order valence-electron chi connectivity index (χ0n) is 23.2. The van der Waals surface area contributed by atoms with E-state index in [4.69, 9.17) is 9.97 Å². The van der Waals surface area contributed by atoms with Gasteiger partial charge in [0.2, 0.25) is 0 Å². The van der Waals surface area contributed by atoms with Gasteiger partial charge in [0.25, 0.3) is 0 Å². The van der Waals surface area contributed by atoms with Crippen LogP contribution in [0.3, 0.4) is 0 Å². The molecule has 0 saturated heterocycles. The number of para-hydroxylation sites is 1. The first-order valence-corrected chi connectivity index (χ1v) is 14.2. The summed E-state index contributed by atoms with van der Waals surface area (Å²) in [4.78, 5) is 14.6. The maximum absolute atomic E-state index is 5.09. The lowest BCUT2D eigenvalue weighted by Gasteiger charge is -2.12. The molecule has 198 valence electrons. The Morgan fingerprint density at radius 3 is 2.67 bits per heavy atom. The summed E-state index contributed by atoms with van der Waals surface area (Å²) in [6, 6.07) is 10.9. The summed E-state index contributed by atoms with van der Waals surface area (Å²) in [5, 5.41) is 1.35. The highest BCUT2D eigenvalue weighted by atomic mass is 15.0. The molecule has 0 saturated carbocycles. The second-order valence-electron chi connectivity index (χ2n) is 10.1. The van der Waals surface area contributed by atoms with E-state index in [9.17, 15) is 0 Å². The van der Waals surface area contributed by atoms with Crippen LogP contribution < -0.4 is 0 Å². The van der Waals surface area contributed by atoms with Gasteiger partial charge in [-0.15, -0.1) is 0 Å². The molecule has 0 fully saturated rings. The maximum Gasteiger partial charge on any atom is 0.156 e. The van der Waals surface area contributed by atoms with Crippen LogP contribution in [0.1, 0.15) is 61.6 Å². The Balaban J connectivity index is 1.46. The Morgan fingerprint density at radius 2 is 1.77 bits per heavy atom. The predicted molar refractivity (Wildman–Crippen MR) is 170 cm³/mol. The fourth-order valence-electron chi connectivity index (χ4n) is 5.70. The summed E-state index contributed by atoms with van der Waals surface area (Å²) in [7, 11) is 0. The summed E-state index contributed by atoms with van der Waals surface area (Å²) < 4.78 is 2.47. The summed E-state index contributed by atoms with van der Waals surface area (Å²) in [6.07, 6.45) is 32.6. The van der Waals surface area contributed by atoms with Crippen molar-refractivity contribution >= 4 is 39.7 Å². The number of allylic oxidation sites excluding steroid dienone is 15. The molecular formula is C36H34N4. The van der Waals surface area contributed by atoms with Crippen LogP contribution in [0.2, 0.25) is 0 Å². The number of hydrogen-bond acceptors (Lipinski definition) is 3. The minimum Gasteiger partial charge on any atom is -0.313 e. The number of nitrogens with zero attached hydrogens (tertiary/aromatic N) is 4. The van der Waals surface area contributed by atoms with Gasteiger partial charge in [0.15, 0.2) is 5.82 Å². The summed E-state index contributed by atoms with van der Waals surface area (Å²) >= 11 is 0. The van der Waals surface area contributed by atoms with Crippen LogP contribution in [-0.2, 0) is 12.8 Å². The average Bonchev–Trinajstić information content (AvgIpc) is 3.36. The number of fused-ring (bicyclic) bond motifs is 3. The van der Waals surface area contributed by atoms with Gasteiger partial charge in [-0.3, -0.25) is 4.99 Å². The molecule has 0 bridgehead atoms. The van der Waals surface area contributed by atoms with Crippen LogP contribution in [0.25, 0.3) is 33.4 Å². The molecule has 40 heavy (non-hydrogen) atoms. The van der Waals surface area contributed by atoms with Gasteiger partial charge in [-0.05, 0) is 81.4 Å². The molecule has 0 radical (unpaired) electrons. The third-order valence-electron chi connectivity index (χ3n) is 7.60. The van der Waals surface area contributed by atoms with E-state index in [0.29, 0.717) is 0 Å². The van der Waals surface area contributed by atoms with Gasteiger partial charge in [0, 0.05) is 28.6 Å². The molecule has 3 aromatic rings. The molecular weight excluding hydrogens is 488 g/mol. The number of aliphatic imine (C=N–C) groups is 1. The van der Waals surface area contributed by atoms with Gasteiger partial charge in [0.05, 0.1) is 22.6 Å². The van der Waals surface area contributed by atoms with Crippen molar-refractivity contribution in [1.29, 1.82) is 0 Å². The molecule has 0 amide bonds. The van der Waals surface area contributed by atoms with Crippen LogP contribution in [0.4, 0.5) is 0 Å². The van der Waals surface area contributed by atoms with Crippen LogP contribution in [-0.4, -0.2) is 20.7 Å². The lowest BCUT2D eigenvalue weighted by molar-refractivity contribution is 0.909. The Labute approximate surface area is 236 Å². The van der Waals surface area contributed by atoms with Crippen LogP contribution in [0.5, 0.6) is 0 Å². The van der Waals surface area contributed by atoms with Crippen molar-refractivity contribution in [2.75, 3.05) is 0 Å². The number of hydrogen-bond donors (Lipinski definition) is 0. The standard InChI is InChI=1S/C36H34N4/c1-3-31(37-4-2)33-25-32(38-36(39-33)27-15-8-5-6-9-16-27)26-17-14-18-28(24-23-26)40-34-21-11-7-10-19-29(34)30-20-12-13-22-35(30)40/h3-10,12-15,18,20,22-25H,11,16-17,19,21H2,1-2H3/b31-3-,37-4?. The normalized spacial score (nSPS) is 17.4. The largest absolute Gasteiger partial charge is 0.313 e. The van der Waals surface area contributed by atoms with E-state index in [2.05, 4.69) is 101 Å². The monoisotopic (exact) mass is 522 g/mol. The van der Waals surface area contributed by atoms with Gasteiger partial charge in [0.1, 0.15) is 0 Å².